The quantitative estimate of drug-likeness (QED) is 0.731. The van der Waals surface area contributed by atoms with Crippen LogP contribution in [0.25, 0.3) is 0 Å². The molecule has 2 aliphatic rings. The van der Waals surface area contributed by atoms with E-state index in [1.54, 1.807) is 28.9 Å². The van der Waals surface area contributed by atoms with Crippen LogP contribution in [0.15, 0.2) is 29.2 Å². The molecule has 160 valence electrons. The Labute approximate surface area is 171 Å². The van der Waals surface area contributed by atoms with E-state index in [2.05, 4.69) is 4.72 Å². The van der Waals surface area contributed by atoms with Gasteiger partial charge in [-0.05, 0) is 38.0 Å². The first kappa shape index (κ1) is 21.5. The van der Waals surface area contributed by atoms with Gasteiger partial charge in [-0.3, -0.25) is 4.79 Å². The molecule has 2 heterocycles. The molecule has 0 aliphatic carbocycles. The van der Waals surface area contributed by atoms with Crippen molar-refractivity contribution in [2.24, 2.45) is 0 Å². The van der Waals surface area contributed by atoms with Gasteiger partial charge in [0.1, 0.15) is 0 Å². The Hall–Kier alpha value is -2.17. The number of piperazine rings is 1. The summed E-state index contributed by atoms with van der Waals surface area (Å²) in [5.74, 6) is -0.260. The second-order valence-electron chi connectivity index (χ2n) is 6.99. The van der Waals surface area contributed by atoms with E-state index in [-0.39, 0.29) is 29.5 Å². The molecular formula is C19H27N3O6S. The van der Waals surface area contributed by atoms with E-state index in [1.165, 1.54) is 12.1 Å². The van der Waals surface area contributed by atoms with E-state index in [4.69, 9.17) is 9.47 Å². The van der Waals surface area contributed by atoms with E-state index >= 15 is 0 Å². The number of amides is 2. The molecule has 0 saturated carbocycles. The van der Waals surface area contributed by atoms with Gasteiger partial charge in [0.15, 0.2) is 0 Å². The molecule has 1 N–H and O–H groups in total. The van der Waals surface area contributed by atoms with Gasteiger partial charge in [-0.15, -0.1) is 0 Å². The summed E-state index contributed by atoms with van der Waals surface area (Å²) >= 11 is 0. The number of nitrogens with zero attached hydrogens (tertiary/aromatic N) is 2. The highest BCUT2D eigenvalue weighted by Crippen LogP contribution is 2.16. The van der Waals surface area contributed by atoms with Crippen molar-refractivity contribution in [3.63, 3.8) is 0 Å². The van der Waals surface area contributed by atoms with Crippen LogP contribution in [0.3, 0.4) is 0 Å². The standard InChI is InChI=1S/C19H27N3O6S/c1-2-27-19(24)22-10-8-21(9-11-22)18(23)15-5-3-7-17(13-15)29(25,26)20-14-16-6-4-12-28-16/h3,5,7,13,16,20H,2,4,6,8-12,14H2,1H3. The number of ether oxygens (including phenoxy) is 2. The molecule has 2 saturated heterocycles. The van der Waals surface area contributed by atoms with Crippen LogP contribution in [-0.2, 0) is 19.5 Å². The van der Waals surface area contributed by atoms with Crippen LogP contribution in [0.1, 0.15) is 30.1 Å². The van der Waals surface area contributed by atoms with Crippen molar-refractivity contribution in [1.82, 2.24) is 14.5 Å². The molecule has 2 aliphatic heterocycles. The van der Waals surface area contributed by atoms with Gasteiger partial charge >= 0.3 is 6.09 Å². The third-order valence-electron chi connectivity index (χ3n) is 5.01. The SMILES string of the molecule is CCOC(=O)N1CCN(C(=O)c2cccc(S(=O)(=O)NCC3CCCO3)c2)CC1. The molecule has 2 amide bonds. The lowest BCUT2D eigenvalue weighted by atomic mass is 10.2. The van der Waals surface area contributed by atoms with Gasteiger partial charge in [-0.2, -0.15) is 0 Å². The first-order valence-corrected chi connectivity index (χ1v) is 11.3. The minimum absolute atomic E-state index is 0.0477. The van der Waals surface area contributed by atoms with Crippen molar-refractivity contribution in [1.29, 1.82) is 0 Å². The van der Waals surface area contributed by atoms with Gasteiger partial charge in [-0.1, -0.05) is 6.07 Å². The van der Waals surface area contributed by atoms with Gasteiger partial charge < -0.3 is 19.3 Å². The highest BCUT2D eigenvalue weighted by molar-refractivity contribution is 7.89. The number of sulfonamides is 1. The van der Waals surface area contributed by atoms with Crippen molar-refractivity contribution in [3.05, 3.63) is 29.8 Å². The minimum Gasteiger partial charge on any atom is -0.450 e. The number of hydrogen-bond acceptors (Lipinski definition) is 6. The van der Waals surface area contributed by atoms with Gasteiger partial charge in [0.05, 0.1) is 17.6 Å². The fraction of sp³-hybridized carbons (Fsp3) is 0.579. The molecule has 29 heavy (non-hydrogen) atoms. The third kappa shape index (κ3) is 5.46. The Balaban J connectivity index is 1.61. The average Bonchev–Trinajstić information content (AvgIpc) is 3.26. The zero-order valence-corrected chi connectivity index (χ0v) is 17.3. The summed E-state index contributed by atoms with van der Waals surface area (Å²) in [5, 5.41) is 0. The fourth-order valence-electron chi connectivity index (χ4n) is 3.38. The number of carbonyl (C=O) groups excluding carboxylic acids is 2. The van der Waals surface area contributed by atoms with Crippen LogP contribution in [0.4, 0.5) is 4.79 Å². The first-order chi connectivity index (χ1) is 13.9. The van der Waals surface area contributed by atoms with Crippen molar-refractivity contribution in [3.8, 4) is 0 Å². The monoisotopic (exact) mass is 425 g/mol. The molecule has 1 aromatic carbocycles. The molecule has 0 bridgehead atoms. The van der Waals surface area contributed by atoms with E-state index in [0.717, 1.165) is 12.8 Å². The molecule has 0 spiro atoms. The lowest BCUT2D eigenvalue weighted by Gasteiger charge is -2.34. The van der Waals surface area contributed by atoms with Crippen molar-refractivity contribution >= 4 is 22.0 Å². The third-order valence-corrected chi connectivity index (χ3v) is 6.43. The molecule has 1 atom stereocenters. The molecule has 2 fully saturated rings. The van der Waals surface area contributed by atoms with Gasteiger partial charge in [0.2, 0.25) is 10.0 Å². The molecule has 10 heteroatoms. The highest BCUT2D eigenvalue weighted by Gasteiger charge is 2.26. The lowest BCUT2D eigenvalue weighted by molar-refractivity contribution is 0.0570. The number of rotatable bonds is 6. The molecule has 1 aromatic rings. The Morgan fingerprint density at radius 3 is 2.59 bits per heavy atom. The summed E-state index contributed by atoms with van der Waals surface area (Å²) in [6.45, 7) is 4.42. The molecular weight excluding hydrogens is 398 g/mol. The van der Waals surface area contributed by atoms with E-state index < -0.39 is 10.0 Å². The Morgan fingerprint density at radius 1 is 1.21 bits per heavy atom. The van der Waals surface area contributed by atoms with Crippen LogP contribution in [0, 0.1) is 0 Å². The summed E-state index contributed by atoms with van der Waals surface area (Å²) in [5.41, 5.74) is 0.301. The Bertz CT molecular complexity index is 830. The normalized spacial score (nSPS) is 20.0. The summed E-state index contributed by atoms with van der Waals surface area (Å²) in [6, 6.07) is 6.01. The van der Waals surface area contributed by atoms with Crippen LogP contribution in [0.5, 0.6) is 0 Å². The first-order valence-electron chi connectivity index (χ1n) is 9.83. The number of nitrogens with one attached hydrogen (secondary N) is 1. The van der Waals surface area contributed by atoms with Crippen molar-refractivity contribution in [2.45, 2.75) is 30.8 Å². The van der Waals surface area contributed by atoms with Gasteiger partial charge in [0.25, 0.3) is 5.91 Å². The number of hydrogen-bond donors (Lipinski definition) is 1. The molecule has 3 rings (SSSR count). The van der Waals surface area contributed by atoms with E-state index in [1.807, 2.05) is 0 Å². The maximum Gasteiger partial charge on any atom is 0.409 e. The molecule has 1 unspecified atom stereocenters. The lowest BCUT2D eigenvalue weighted by Crippen LogP contribution is -2.50. The summed E-state index contributed by atoms with van der Waals surface area (Å²) in [4.78, 5) is 27.8. The van der Waals surface area contributed by atoms with Crippen molar-refractivity contribution in [2.75, 3.05) is 45.9 Å². The van der Waals surface area contributed by atoms with Gasteiger partial charge in [0, 0.05) is 44.9 Å². The number of carbonyl (C=O) groups is 2. The van der Waals surface area contributed by atoms with Crippen LogP contribution < -0.4 is 4.72 Å². The average molecular weight is 426 g/mol. The zero-order chi connectivity index (χ0) is 20.9. The maximum atomic E-state index is 12.8. The van der Waals surface area contributed by atoms with Crippen LogP contribution >= 0.6 is 0 Å². The van der Waals surface area contributed by atoms with Gasteiger partial charge in [-0.25, -0.2) is 17.9 Å². The summed E-state index contributed by atoms with van der Waals surface area (Å²) in [7, 11) is -3.73. The smallest absolute Gasteiger partial charge is 0.409 e. The van der Waals surface area contributed by atoms with Crippen LogP contribution in [0.2, 0.25) is 0 Å². The zero-order valence-electron chi connectivity index (χ0n) is 16.5. The largest absolute Gasteiger partial charge is 0.450 e. The Morgan fingerprint density at radius 2 is 1.93 bits per heavy atom. The molecule has 0 aromatic heterocycles. The predicted octanol–water partition coefficient (Wildman–Crippen LogP) is 1.06. The second-order valence-corrected chi connectivity index (χ2v) is 8.76. The topological polar surface area (TPSA) is 105 Å². The molecule has 0 radical (unpaired) electrons. The fourth-order valence-corrected chi connectivity index (χ4v) is 4.49. The second kappa shape index (κ2) is 9.55. The maximum absolute atomic E-state index is 12.8. The van der Waals surface area contributed by atoms with E-state index in [0.29, 0.717) is 45.0 Å². The van der Waals surface area contributed by atoms with Crippen molar-refractivity contribution < 1.29 is 27.5 Å². The number of benzene rings is 1. The predicted molar refractivity (Wildman–Crippen MR) is 105 cm³/mol. The molecule has 9 nitrogen and oxygen atoms in total. The summed E-state index contributed by atoms with van der Waals surface area (Å²) < 4.78 is 38.1. The van der Waals surface area contributed by atoms with Crippen LogP contribution in [-0.4, -0.2) is 82.3 Å². The summed E-state index contributed by atoms with van der Waals surface area (Å²) in [6.07, 6.45) is 1.27. The Kier molecular flexibility index (Phi) is 7.09. The highest BCUT2D eigenvalue weighted by atomic mass is 32.2. The van der Waals surface area contributed by atoms with E-state index in [9.17, 15) is 18.0 Å². The minimum atomic E-state index is -3.73.